The van der Waals surface area contributed by atoms with Crippen molar-refractivity contribution in [1.82, 2.24) is 4.57 Å². The largest absolute Gasteiger partial charge is 0.493 e. The lowest BCUT2D eigenvalue weighted by molar-refractivity contribution is -0.384. The number of hydrogen-bond donors (Lipinski definition) is 1. The SMILES string of the molecule is CCCCCn1c(O)c(N=NC(=O)c2ccc([N+](=O)[O-])cc2)c2ccccc21. The van der Waals surface area contributed by atoms with Gasteiger partial charge in [-0.25, -0.2) is 0 Å². The average Bonchev–Trinajstić information content (AvgIpc) is 2.97. The maximum absolute atomic E-state index is 12.2. The third-order valence-electron chi connectivity index (χ3n) is 4.47. The first-order valence-electron chi connectivity index (χ1n) is 9.03. The summed E-state index contributed by atoms with van der Waals surface area (Å²) in [7, 11) is 0. The molecule has 0 saturated heterocycles. The number of azo groups is 1. The lowest BCUT2D eigenvalue weighted by Crippen LogP contribution is -1.96. The first kappa shape index (κ1) is 19.2. The highest BCUT2D eigenvalue weighted by Gasteiger charge is 2.17. The quantitative estimate of drug-likeness (QED) is 0.257. The molecule has 0 bridgehead atoms. The molecule has 1 heterocycles. The lowest BCUT2D eigenvalue weighted by Gasteiger charge is -2.05. The molecule has 0 aliphatic heterocycles. The van der Waals surface area contributed by atoms with Crippen molar-refractivity contribution in [3.63, 3.8) is 0 Å². The van der Waals surface area contributed by atoms with Crippen molar-refractivity contribution in [2.45, 2.75) is 32.7 Å². The predicted octanol–water partition coefficient (Wildman–Crippen LogP) is 5.37. The monoisotopic (exact) mass is 380 g/mol. The molecule has 3 aromatic rings. The van der Waals surface area contributed by atoms with E-state index >= 15 is 0 Å². The van der Waals surface area contributed by atoms with Gasteiger partial charge in [-0.1, -0.05) is 38.0 Å². The van der Waals surface area contributed by atoms with Gasteiger partial charge in [-0.05, 0) is 24.6 Å². The van der Waals surface area contributed by atoms with Crippen LogP contribution in [0.5, 0.6) is 5.88 Å². The van der Waals surface area contributed by atoms with Gasteiger partial charge in [-0.2, -0.15) is 0 Å². The fourth-order valence-corrected chi connectivity index (χ4v) is 3.00. The first-order valence-corrected chi connectivity index (χ1v) is 9.03. The number of aromatic nitrogens is 1. The molecule has 0 radical (unpaired) electrons. The number of benzene rings is 2. The number of aromatic hydroxyl groups is 1. The summed E-state index contributed by atoms with van der Waals surface area (Å²) < 4.78 is 1.77. The van der Waals surface area contributed by atoms with Crippen molar-refractivity contribution in [3.05, 3.63) is 64.2 Å². The van der Waals surface area contributed by atoms with E-state index in [1.165, 1.54) is 24.3 Å². The molecular formula is C20H20N4O4. The molecule has 2 aromatic carbocycles. The van der Waals surface area contributed by atoms with Crippen LogP contribution in [0.15, 0.2) is 58.8 Å². The van der Waals surface area contributed by atoms with Gasteiger partial charge in [-0.3, -0.25) is 14.9 Å². The van der Waals surface area contributed by atoms with Crippen molar-refractivity contribution < 1.29 is 14.8 Å². The number of hydrogen-bond acceptors (Lipinski definition) is 5. The predicted molar refractivity (Wildman–Crippen MR) is 105 cm³/mol. The fraction of sp³-hybridized carbons (Fsp3) is 0.250. The van der Waals surface area contributed by atoms with Gasteiger partial charge >= 0.3 is 0 Å². The zero-order valence-corrected chi connectivity index (χ0v) is 15.4. The number of aryl methyl sites for hydroxylation is 1. The van der Waals surface area contributed by atoms with Gasteiger partial charge in [0.25, 0.3) is 11.6 Å². The van der Waals surface area contributed by atoms with E-state index in [0.717, 1.165) is 24.8 Å². The van der Waals surface area contributed by atoms with E-state index in [4.69, 9.17) is 0 Å². The van der Waals surface area contributed by atoms with E-state index in [2.05, 4.69) is 17.2 Å². The Hall–Kier alpha value is -3.55. The number of carbonyl (C=O) groups excluding carboxylic acids is 1. The minimum absolute atomic E-state index is 0.0300. The van der Waals surface area contributed by atoms with Crippen LogP contribution in [0.2, 0.25) is 0 Å². The molecule has 1 N–H and O–H groups in total. The van der Waals surface area contributed by atoms with Gasteiger partial charge in [0, 0.05) is 29.6 Å². The summed E-state index contributed by atoms with van der Waals surface area (Å²) in [6.07, 6.45) is 3.03. The summed E-state index contributed by atoms with van der Waals surface area (Å²) >= 11 is 0. The summed E-state index contributed by atoms with van der Waals surface area (Å²) in [6.45, 7) is 2.75. The highest BCUT2D eigenvalue weighted by Crippen LogP contribution is 2.39. The van der Waals surface area contributed by atoms with Crippen molar-refractivity contribution in [3.8, 4) is 5.88 Å². The maximum atomic E-state index is 12.2. The van der Waals surface area contributed by atoms with Gasteiger partial charge < -0.3 is 9.67 Å². The Kier molecular flexibility index (Phi) is 5.78. The zero-order chi connectivity index (χ0) is 20.1. The summed E-state index contributed by atoms with van der Waals surface area (Å²) in [5.41, 5.74) is 1.14. The zero-order valence-electron chi connectivity index (χ0n) is 15.4. The fourth-order valence-electron chi connectivity index (χ4n) is 3.00. The average molecular weight is 380 g/mol. The van der Waals surface area contributed by atoms with E-state index in [-0.39, 0.29) is 22.8 Å². The second-order valence-corrected chi connectivity index (χ2v) is 6.36. The summed E-state index contributed by atoms with van der Waals surface area (Å²) in [5.74, 6) is -0.672. The van der Waals surface area contributed by atoms with Crippen LogP contribution in [0.1, 0.15) is 36.5 Å². The molecular weight excluding hydrogens is 360 g/mol. The Morgan fingerprint density at radius 2 is 1.86 bits per heavy atom. The second-order valence-electron chi connectivity index (χ2n) is 6.36. The topological polar surface area (TPSA) is 110 Å². The molecule has 144 valence electrons. The van der Waals surface area contributed by atoms with Crippen molar-refractivity contribution >= 4 is 28.2 Å². The summed E-state index contributed by atoms with van der Waals surface area (Å²) in [6, 6.07) is 12.5. The molecule has 1 amide bonds. The van der Waals surface area contributed by atoms with Gasteiger partial charge in [0.05, 0.1) is 10.4 Å². The van der Waals surface area contributed by atoms with Crippen LogP contribution in [-0.4, -0.2) is 20.5 Å². The highest BCUT2D eigenvalue weighted by atomic mass is 16.6. The molecule has 0 saturated carbocycles. The normalized spacial score (nSPS) is 11.3. The Labute approximate surface area is 161 Å². The van der Waals surface area contributed by atoms with E-state index in [1.54, 1.807) is 4.57 Å². The number of nitro benzene ring substituents is 1. The molecule has 8 heteroatoms. The van der Waals surface area contributed by atoms with Crippen LogP contribution in [0.3, 0.4) is 0 Å². The second kappa shape index (κ2) is 8.43. The van der Waals surface area contributed by atoms with Crippen molar-refractivity contribution in [2.24, 2.45) is 10.2 Å². The number of para-hydroxylation sites is 1. The number of nitro groups is 1. The Morgan fingerprint density at radius 1 is 1.14 bits per heavy atom. The third-order valence-corrected chi connectivity index (χ3v) is 4.47. The maximum Gasteiger partial charge on any atom is 0.295 e. The molecule has 8 nitrogen and oxygen atoms in total. The van der Waals surface area contributed by atoms with Crippen LogP contribution >= 0.6 is 0 Å². The van der Waals surface area contributed by atoms with E-state index in [9.17, 15) is 20.0 Å². The molecule has 0 unspecified atom stereocenters. The van der Waals surface area contributed by atoms with Gasteiger partial charge in [0.1, 0.15) is 0 Å². The van der Waals surface area contributed by atoms with Crippen molar-refractivity contribution in [2.75, 3.05) is 0 Å². The summed E-state index contributed by atoms with van der Waals surface area (Å²) in [4.78, 5) is 22.4. The number of unbranched alkanes of at least 4 members (excludes halogenated alkanes) is 2. The Morgan fingerprint density at radius 3 is 2.54 bits per heavy atom. The van der Waals surface area contributed by atoms with Crippen LogP contribution < -0.4 is 0 Å². The molecule has 0 aliphatic carbocycles. The molecule has 0 aliphatic rings. The number of fused-ring (bicyclic) bond motifs is 1. The van der Waals surface area contributed by atoms with E-state index < -0.39 is 10.8 Å². The van der Waals surface area contributed by atoms with Crippen molar-refractivity contribution in [1.29, 1.82) is 0 Å². The molecule has 0 fully saturated rings. The minimum Gasteiger partial charge on any atom is -0.493 e. The smallest absolute Gasteiger partial charge is 0.295 e. The Bertz CT molecular complexity index is 1040. The third kappa shape index (κ3) is 3.90. The van der Waals surface area contributed by atoms with Gasteiger partial charge in [-0.15, -0.1) is 10.2 Å². The highest BCUT2D eigenvalue weighted by molar-refractivity contribution is 5.97. The number of nitrogens with zero attached hydrogens (tertiary/aromatic N) is 4. The first-order chi connectivity index (χ1) is 13.5. The van der Waals surface area contributed by atoms with E-state index in [1.807, 2.05) is 24.3 Å². The van der Waals surface area contributed by atoms with Crippen LogP contribution in [0.25, 0.3) is 10.9 Å². The Balaban J connectivity index is 1.89. The number of rotatable bonds is 7. The number of non-ortho nitro benzene ring substituents is 1. The molecule has 0 spiro atoms. The molecule has 1 aromatic heterocycles. The van der Waals surface area contributed by atoms with Crippen LogP contribution in [0, 0.1) is 10.1 Å². The minimum atomic E-state index is -0.642. The van der Waals surface area contributed by atoms with Crippen LogP contribution in [-0.2, 0) is 6.54 Å². The van der Waals surface area contributed by atoms with E-state index in [0.29, 0.717) is 11.9 Å². The number of carbonyl (C=O) groups is 1. The molecule has 28 heavy (non-hydrogen) atoms. The summed E-state index contributed by atoms with van der Waals surface area (Å²) in [5, 5.41) is 29.7. The van der Waals surface area contributed by atoms with Gasteiger partial charge in [0.2, 0.25) is 5.88 Å². The lowest BCUT2D eigenvalue weighted by atomic mass is 10.2. The molecule has 0 atom stereocenters. The number of amides is 1. The standard InChI is InChI=1S/C20H20N4O4/c1-2-3-6-13-23-17-8-5-4-7-16(17)18(20(23)26)21-22-19(25)14-9-11-15(12-10-14)24(27)28/h4-5,7-12,26H,2-3,6,13H2,1H3. The molecule has 3 rings (SSSR count). The van der Waals surface area contributed by atoms with Gasteiger partial charge in [0.15, 0.2) is 5.69 Å². The van der Waals surface area contributed by atoms with Crippen LogP contribution in [0.4, 0.5) is 11.4 Å².